The third-order valence-corrected chi connectivity index (χ3v) is 1.05. The van der Waals surface area contributed by atoms with Gasteiger partial charge in [-0.1, -0.05) is 37.1 Å². The lowest BCUT2D eigenvalue weighted by Crippen LogP contribution is -2.11. The van der Waals surface area contributed by atoms with E-state index in [1.807, 2.05) is 0 Å². The Hall–Kier alpha value is -1.59. The van der Waals surface area contributed by atoms with Crippen molar-refractivity contribution >= 4 is 17.8 Å². The molecule has 0 aromatic heterocycles. The molecular formula is C15H42N2O4. The van der Waals surface area contributed by atoms with Gasteiger partial charge in [-0.3, -0.25) is 14.4 Å². The second-order valence-corrected chi connectivity index (χ2v) is 2.54. The van der Waals surface area contributed by atoms with Gasteiger partial charge in [0.25, 0.3) is 0 Å². The van der Waals surface area contributed by atoms with Crippen molar-refractivity contribution in [1.29, 1.82) is 0 Å². The molecule has 0 radical (unpaired) electrons. The van der Waals surface area contributed by atoms with Crippen molar-refractivity contribution in [2.24, 2.45) is 0 Å². The third-order valence-electron chi connectivity index (χ3n) is 1.05. The number of hydrogen-bond acceptors (Lipinski definition) is 4. The van der Waals surface area contributed by atoms with Crippen LogP contribution < -0.4 is 10.6 Å². The fraction of sp³-hybridized carbons (Fsp3) is 0.800. The quantitative estimate of drug-likeness (QED) is 0.728. The highest BCUT2D eigenvalue weighted by molar-refractivity contribution is 5.72. The van der Waals surface area contributed by atoms with Gasteiger partial charge < -0.3 is 15.4 Å². The van der Waals surface area contributed by atoms with Gasteiger partial charge in [0.2, 0.25) is 11.8 Å². The molecule has 0 saturated heterocycles. The number of esters is 1. The predicted molar refractivity (Wildman–Crippen MR) is 95.4 cm³/mol. The third kappa shape index (κ3) is 169. The molecule has 0 rings (SSSR count). The first-order valence-corrected chi connectivity index (χ1v) is 4.81. The molecule has 2 N–H and O–H groups in total. The van der Waals surface area contributed by atoms with Crippen LogP contribution >= 0.6 is 0 Å². The first-order valence-electron chi connectivity index (χ1n) is 4.81. The number of amides is 2. The second-order valence-electron chi connectivity index (χ2n) is 2.54. The maximum Gasteiger partial charge on any atom is 0.302 e. The molecule has 0 bridgehead atoms. The molecule has 0 spiro atoms. The van der Waals surface area contributed by atoms with Gasteiger partial charge in [0.15, 0.2) is 0 Å². The average Bonchev–Trinajstić information content (AvgIpc) is 2.19. The number of ether oxygens (including phenoxy) is 1. The molecule has 0 aliphatic carbocycles. The molecular weight excluding hydrogens is 272 g/mol. The minimum absolute atomic E-state index is 0. The summed E-state index contributed by atoms with van der Waals surface area (Å²) in [5.41, 5.74) is 0. The van der Waals surface area contributed by atoms with E-state index < -0.39 is 0 Å². The summed E-state index contributed by atoms with van der Waals surface area (Å²) in [6, 6.07) is 0. The van der Waals surface area contributed by atoms with Crippen LogP contribution in [-0.4, -0.2) is 38.5 Å². The first kappa shape index (κ1) is 50.5. The van der Waals surface area contributed by atoms with Crippen molar-refractivity contribution in [2.75, 3.05) is 20.7 Å². The zero-order chi connectivity index (χ0) is 13.6. The van der Waals surface area contributed by atoms with Crippen molar-refractivity contribution < 1.29 is 19.1 Å². The second kappa shape index (κ2) is 42.9. The van der Waals surface area contributed by atoms with Gasteiger partial charge in [-0.25, -0.2) is 0 Å². The molecule has 0 saturated carbocycles. The van der Waals surface area contributed by atoms with Crippen molar-refractivity contribution in [3.05, 3.63) is 0 Å². The lowest BCUT2D eigenvalue weighted by Gasteiger charge is -1.89. The summed E-state index contributed by atoms with van der Waals surface area (Å²) in [4.78, 5) is 29.2. The normalized spacial score (nSPS) is 5.43. The lowest BCUT2D eigenvalue weighted by atomic mass is 10.7. The Labute approximate surface area is 134 Å². The number of hydrogen-bond donors (Lipinski definition) is 2. The molecule has 0 aromatic carbocycles. The summed E-state index contributed by atoms with van der Waals surface area (Å²) >= 11 is 0. The van der Waals surface area contributed by atoms with E-state index in [1.165, 1.54) is 20.8 Å². The van der Waals surface area contributed by atoms with E-state index in [0.717, 1.165) is 0 Å². The smallest absolute Gasteiger partial charge is 0.302 e. The van der Waals surface area contributed by atoms with Crippen LogP contribution in [0.5, 0.6) is 0 Å². The lowest BCUT2D eigenvalue weighted by molar-refractivity contribution is -0.140. The minimum Gasteiger partial charge on any atom is -0.466 e. The number of carbonyl (C=O) groups excluding carboxylic acids is 3. The molecule has 21 heavy (non-hydrogen) atoms. The molecule has 6 nitrogen and oxygen atoms in total. The Morgan fingerprint density at radius 2 is 0.952 bits per heavy atom. The first-order chi connectivity index (χ1) is 7.31. The van der Waals surface area contributed by atoms with Crippen LogP contribution in [0.3, 0.4) is 0 Å². The number of nitrogens with one attached hydrogen (secondary N) is 2. The van der Waals surface area contributed by atoms with Gasteiger partial charge in [-0.15, -0.1) is 0 Å². The van der Waals surface area contributed by atoms with Gasteiger partial charge >= 0.3 is 5.97 Å². The summed E-state index contributed by atoms with van der Waals surface area (Å²) in [6.07, 6.45) is 0. The van der Waals surface area contributed by atoms with Crippen LogP contribution in [0.25, 0.3) is 0 Å². The van der Waals surface area contributed by atoms with Crippen LogP contribution in [0, 0.1) is 0 Å². The molecule has 0 heterocycles. The molecule has 0 aliphatic heterocycles. The average molecular weight is 315 g/mol. The summed E-state index contributed by atoms with van der Waals surface area (Å²) < 4.78 is 4.40. The van der Waals surface area contributed by atoms with Gasteiger partial charge in [-0.2, -0.15) is 0 Å². The maximum atomic E-state index is 9.82. The van der Waals surface area contributed by atoms with E-state index in [2.05, 4.69) is 15.4 Å². The summed E-state index contributed by atoms with van der Waals surface area (Å²) in [5, 5.41) is 4.78. The van der Waals surface area contributed by atoms with E-state index in [9.17, 15) is 14.4 Å². The summed E-state index contributed by atoms with van der Waals surface area (Å²) in [6.45, 7) is 6.60. The zero-order valence-corrected chi connectivity index (χ0v) is 10.8. The molecule has 2 amide bonds. The Bertz CT molecular complexity index is 194. The van der Waals surface area contributed by atoms with Crippen LogP contribution in [0.2, 0.25) is 0 Å². The van der Waals surface area contributed by atoms with Crippen LogP contribution in [-0.2, 0) is 19.1 Å². The molecule has 0 aromatic rings. The van der Waals surface area contributed by atoms with Crippen molar-refractivity contribution in [3.63, 3.8) is 0 Å². The number of rotatable bonds is 1. The van der Waals surface area contributed by atoms with E-state index in [1.54, 1.807) is 21.0 Å². The van der Waals surface area contributed by atoms with E-state index in [4.69, 9.17) is 0 Å². The largest absolute Gasteiger partial charge is 0.466 e. The Morgan fingerprint density at radius 1 is 0.762 bits per heavy atom. The van der Waals surface area contributed by atoms with Crippen molar-refractivity contribution in [2.45, 2.75) is 64.8 Å². The standard InChI is InChI=1S/C4H8O2.2C3H7NO.5CH4/c1-3-6-4(2)5;2*1-3(5)4-2;;;;;/h3H2,1-2H3;2*1-2H3,(H,4,5);5*1H4. The van der Waals surface area contributed by atoms with Gasteiger partial charge in [-0.05, 0) is 6.92 Å². The molecule has 0 unspecified atom stereocenters. The maximum absolute atomic E-state index is 9.82. The fourth-order valence-electron chi connectivity index (χ4n) is 0.203. The highest BCUT2D eigenvalue weighted by Crippen LogP contribution is 1.69. The van der Waals surface area contributed by atoms with E-state index >= 15 is 0 Å². The predicted octanol–water partition coefficient (Wildman–Crippen LogP) is 3.25. The van der Waals surface area contributed by atoms with Gasteiger partial charge in [0.1, 0.15) is 0 Å². The van der Waals surface area contributed by atoms with Crippen molar-refractivity contribution in [1.82, 2.24) is 10.6 Å². The van der Waals surface area contributed by atoms with Crippen molar-refractivity contribution in [3.8, 4) is 0 Å². The van der Waals surface area contributed by atoms with Gasteiger partial charge in [0, 0.05) is 34.9 Å². The number of carbonyl (C=O) groups is 3. The highest BCUT2D eigenvalue weighted by atomic mass is 16.5. The summed E-state index contributed by atoms with van der Waals surface area (Å²) in [5.74, 6) is -0.201. The Balaban J connectivity index is -0.0000000181. The van der Waals surface area contributed by atoms with E-state index in [-0.39, 0.29) is 54.9 Å². The molecule has 0 aliphatic rings. The highest BCUT2D eigenvalue weighted by Gasteiger charge is 1.81. The van der Waals surface area contributed by atoms with E-state index in [0.29, 0.717) is 6.61 Å². The molecule has 0 atom stereocenters. The molecule has 136 valence electrons. The zero-order valence-electron chi connectivity index (χ0n) is 10.8. The SMILES string of the molecule is C.C.C.C.C.CCOC(C)=O.CNC(C)=O.CNC(C)=O. The minimum atomic E-state index is -0.211. The van der Waals surface area contributed by atoms with Crippen LogP contribution in [0.1, 0.15) is 64.8 Å². The monoisotopic (exact) mass is 314 g/mol. The van der Waals surface area contributed by atoms with Gasteiger partial charge in [0.05, 0.1) is 6.61 Å². The summed E-state index contributed by atoms with van der Waals surface area (Å²) in [7, 11) is 3.20. The Kier molecular flexibility index (Phi) is 103. The molecule has 6 heteroatoms. The van der Waals surface area contributed by atoms with Crippen LogP contribution in [0.15, 0.2) is 0 Å². The fourth-order valence-corrected chi connectivity index (χ4v) is 0.203. The Morgan fingerprint density at radius 3 is 0.952 bits per heavy atom. The molecule has 0 fully saturated rings. The topological polar surface area (TPSA) is 84.5 Å². The van der Waals surface area contributed by atoms with Crippen LogP contribution in [0.4, 0.5) is 0 Å².